The molecule has 0 bridgehead atoms. The van der Waals surface area contributed by atoms with Gasteiger partial charge in [0.1, 0.15) is 0 Å². The summed E-state index contributed by atoms with van der Waals surface area (Å²) in [6, 6.07) is 5.56. The normalized spacial score (nSPS) is 9.83. The van der Waals surface area contributed by atoms with E-state index in [-0.39, 0.29) is 0 Å². The number of nitrogens with two attached hydrogens (primary N) is 1. The zero-order chi connectivity index (χ0) is 9.14. The van der Waals surface area contributed by atoms with E-state index in [0.29, 0.717) is 17.8 Å². The van der Waals surface area contributed by atoms with Gasteiger partial charge in [0.2, 0.25) is 0 Å². The second-order valence-electron chi connectivity index (χ2n) is 2.56. The van der Waals surface area contributed by atoms with Gasteiger partial charge < -0.3 is 11.1 Å². The first-order valence-electron chi connectivity index (χ1n) is 3.78. The van der Waals surface area contributed by atoms with Crippen LogP contribution in [-0.2, 0) is 0 Å². The van der Waals surface area contributed by atoms with Crippen LogP contribution < -0.4 is 5.73 Å². The van der Waals surface area contributed by atoms with Gasteiger partial charge in [0, 0.05) is 21.4 Å². The molecule has 1 rings (SSSR count). The molecule has 1 aromatic carbocycles. The van der Waals surface area contributed by atoms with Gasteiger partial charge in [-0.2, -0.15) is 0 Å². The topological polar surface area (TPSA) is 49.9 Å². The molecule has 12 heavy (non-hydrogen) atoms. The average Bonchev–Trinajstić information content (AvgIpc) is 2.08. The Morgan fingerprint density at radius 3 is 2.83 bits per heavy atom. The third-order valence-electron chi connectivity index (χ3n) is 1.69. The third kappa shape index (κ3) is 1.85. The summed E-state index contributed by atoms with van der Waals surface area (Å²) in [6.07, 6.45) is 0.709. The third-order valence-corrected chi connectivity index (χ3v) is 2.19. The molecule has 3 N–H and O–H groups in total. The molecule has 0 saturated heterocycles. The van der Waals surface area contributed by atoms with E-state index in [0.717, 1.165) is 10.0 Å². The highest BCUT2D eigenvalue weighted by molar-refractivity contribution is 9.10. The smallest absolute Gasteiger partial charge is 0.0406 e. The van der Waals surface area contributed by atoms with Gasteiger partial charge in [-0.15, -0.1) is 0 Å². The Balaban J connectivity index is 3.13. The lowest BCUT2D eigenvalue weighted by Crippen LogP contribution is -2.01. The second-order valence-corrected chi connectivity index (χ2v) is 3.48. The number of hydrogen-bond acceptors (Lipinski definition) is 2. The number of nitrogen functional groups attached to an aromatic ring is 1. The molecule has 64 valence electrons. The van der Waals surface area contributed by atoms with Crippen LogP contribution in [0.5, 0.6) is 0 Å². The van der Waals surface area contributed by atoms with Gasteiger partial charge in [-0.3, -0.25) is 0 Å². The van der Waals surface area contributed by atoms with Crippen molar-refractivity contribution in [2.45, 2.75) is 13.3 Å². The molecule has 0 radical (unpaired) electrons. The number of nitrogens with one attached hydrogen (secondary N) is 1. The maximum absolute atomic E-state index is 7.62. The van der Waals surface area contributed by atoms with E-state index in [1.54, 1.807) is 0 Å². The minimum Gasteiger partial charge on any atom is -0.398 e. The van der Waals surface area contributed by atoms with E-state index in [1.165, 1.54) is 0 Å². The summed E-state index contributed by atoms with van der Waals surface area (Å²) in [5.74, 6) is 0. The van der Waals surface area contributed by atoms with E-state index in [2.05, 4.69) is 15.9 Å². The van der Waals surface area contributed by atoms with Gasteiger partial charge in [0.15, 0.2) is 0 Å². The number of benzene rings is 1. The molecule has 0 atom stereocenters. The van der Waals surface area contributed by atoms with Crippen LogP contribution in [0.1, 0.15) is 18.9 Å². The molecule has 0 aliphatic heterocycles. The summed E-state index contributed by atoms with van der Waals surface area (Å²) in [5.41, 5.74) is 7.78. The van der Waals surface area contributed by atoms with Crippen molar-refractivity contribution < 1.29 is 0 Å². The number of halogens is 1. The Morgan fingerprint density at radius 2 is 2.25 bits per heavy atom. The molecular weight excluding hydrogens is 216 g/mol. The van der Waals surface area contributed by atoms with Crippen molar-refractivity contribution in [2.24, 2.45) is 0 Å². The fourth-order valence-corrected chi connectivity index (χ4v) is 1.34. The first-order valence-corrected chi connectivity index (χ1v) is 4.57. The SMILES string of the molecule is CCC(=N)c1cc(Br)ccc1N. The van der Waals surface area contributed by atoms with E-state index >= 15 is 0 Å². The molecular formula is C9H11BrN2. The molecule has 0 aliphatic rings. The highest BCUT2D eigenvalue weighted by Gasteiger charge is 2.03. The van der Waals surface area contributed by atoms with Crippen LogP contribution in [0, 0.1) is 5.41 Å². The summed E-state index contributed by atoms with van der Waals surface area (Å²) < 4.78 is 0.963. The zero-order valence-electron chi connectivity index (χ0n) is 6.89. The van der Waals surface area contributed by atoms with Crippen LogP contribution in [0.15, 0.2) is 22.7 Å². The predicted octanol–water partition coefficient (Wildman–Crippen LogP) is 2.81. The fraction of sp³-hybridized carbons (Fsp3) is 0.222. The average molecular weight is 227 g/mol. The molecule has 0 amide bonds. The van der Waals surface area contributed by atoms with E-state index in [9.17, 15) is 0 Å². The summed E-state index contributed by atoms with van der Waals surface area (Å²) in [5, 5.41) is 7.62. The van der Waals surface area contributed by atoms with Gasteiger partial charge in [-0.1, -0.05) is 22.9 Å². The van der Waals surface area contributed by atoms with Crippen LogP contribution in [-0.4, -0.2) is 5.71 Å². The summed E-state index contributed by atoms with van der Waals surface area (Å²) in [6.45, 7) is 1.95. The Labute approximate surface area is 80.4 Å². The monoisotopic (exact) mass is 226 g/mol. The van der Waals surface area contributed by atoms with Gasteiger partial charge in [-0.05, 0) is 24.6 Å². The van der Waals surface area contributed by atoms with E-state index in [4.69, 9.17) is 11.1 Å². The Kier molecular flexibility index (Phi) is 2.87. The molecule has 0 spiro atoms. The standard InChI is InChI=1S/C9H11BrN2/c1-2-8(11)7-5-6(10)3-4-9(7)12/h3-5,11H,2,12H2,1H3. The highest BCUT2D eigenvalue weighted by atomic mass is 79.9. The van der Waals surface area contributed by atoms with Crippen molar-refractivity contribution in [3.8, 4) is 0 Å². The Morgan fingerprint density at radius 1 is 1.58 bits per heavy atom. The van der Waals surface area contributed by atoms with Gasteiger partial charge in [0.05, 0.1) is 0 Å². The van der Waals surface area contributed by atoms with Gasteiger partial charge >= 0.3 is 0 Å². The van der Waals surface area contributed by atoms with Gasteiger partial charge in [-0.25, -0.2) is 0 Å². The Bertz CT molecular complexity index is 307. The zero-order valence-corrected chi connectivity index (χ0v) is 8.48. The quantitative estimate of drug-likeness (QED) is 0.592. The van der Waals surface area contributed by atoms with Crippen LogP contribution in [0.4, 0.5) is 5.69 Å². The highest BCUT2D eigenvalue weighted by Crippen LogP contribution is 2.19. The molecule has 0 aliphatic carbocycles. The number of rotatable bonds is 2. The summed E-state index contributed by atoms with van der Waals surface area (Å²) in [4.78, 5) is 0. The lowest BCUT2D eigenvalue weighted by atomic mass is 10.1. The van der Waals surface area contributed by atoms with Crippen molar-refractivity contribution in [1.82, 2.24) is 0 Å². The van der Waals surface area contributed by atoms with Crippen molar-refractivity contribution in [1.29, 1.82) is 5.41 Å². The largest absolute Gasteiger partial charge is 0.398 e. The van der Waals surface area contributed by atoms with Crippen LogP contribution >= 0.6 is 15.9 Å². The van der Waals surface area contributed by atoms with E-state index in [1.807, 2.05) is 25.1 Å². The minimum absolute atomic E-state index is 0.578. The van der Waals surface area contributed by atoms with Crippen molar-refractivity contribution >= 4 is 27.3 Å². The number of anilines is 1. The molecule has 1 aromatic rings. The Hall–Kier alpha value is -0.830. The summed E-state index contributed by atoms with van der Waals surface area (Å²) >= 11 is 3.34. The maximum Gasteiger partial charge on any atom is 0.0406 e. The lowest BCUT2D eigenvalue weighted by molar-refractivity contribution is 1.24. The molecule has 0 aromatic heterocycles. The van der Waals surface area contributed by atoms with Crippen molar-refractivity contribution in [2.75, 3.05) is 5.73 Å². The first kappa shape index (κ1) is 9.26. The van der Waals surface area contributed by atoms with Crippen molar-refractivity contribution in [3.63, 3.8) is 0 Å². The van der Waals surface area contributed by atoms with Crippen LogP contribution in [0.3, 0.4) is 0 Å². The predicted molar refractivity (Wildman–Crippen MR) is 55.7 cm³/mol. The molecule has 0 saturated carbocycles. The van der Waals surface area contributed by atoms with Crippen molar-refractivity contribution in [3.05, 3.63) is 28.2 Å². The van der Waals surface area contributed by atoms with E-state index < -0.39 is 0 Å². The van der Waals surface area contributed by atoms with Crippen LogP contribution in [0.25, 0.3) is 0 Å². The molecule has 0 fully saturated rings. The maximum atomic E-state index is 7.62. The van der Waals surface area contributed by atoms with Crippen LogP contribution in [0.2, 0.25) is 0 Å². The molecule has 0 unspecified atom stereocenters. The number of hydrogen-bond donors (Lipinski definition) is 2. The lowest BCUT2D eigenvalue weighted by Gasteiger charge is -2.05. The fourth-order valence-electron chi connectivity index (χ4n) is 0.980. The van der Waals surface area contributed by atoms with Gasteiger partial charge in [0.25, 0.3) is 0 Å². The molecule has 0 heterocycles. The summed E-state index contributed by atoms with van der Waals surface area (Å²) in [7, 11) is 0. The second kappa shape index (κ2) is 3.72. The molecule has 2 nitrogen and oxygen atoms in total. The minimum atomic E-state index is 0.578. The first-order chi connectivity index (χ1) is 5.65. The molecule has 3 heteroatoms.